The minimum absolute atomic E-state index is 0.684. The van der Waals surface area contributed by atoms with Gasteiger partial charge in [-0.2, -0.15) is 0 Å². The van der Waals surface area contributed by atoms with Crippen molar-refractivity contribution >= 4 is 75.1 Å². The smallest absolute Gasteiger partial charge is 0.162 e. The van der Waals surface area contributed by atoms with E-state index in [2.05, 4.69) is 197 Å². The molecular formula is C52H32N4S. The second-order valence-electron chi connectivity index (χ2n) is 14.6. The van der Waals surface area contributed by atoms with E-state index in [0.29, 0.717) is 5.82 Å². The van der Waals surface area contributed by atoms with Crippen LogP contribution in [0.15, 0.2) is 194 Å². The number of rotatable bonds is 5. The molecule has 0 aliphatic rings. The van der Waals surface area contributed by atoms with Gasteiger partial charge in [-0.25, -0.2) is 9.97 Å². The van der Waals surface area contributed by atoms with Crippen molar-refractivity contribution in [1.82, 2.24) is 19.1 Å². The number of benzene rings is 8. The molecule has 0 unspecified atom stereocenters. The Hall–Kier alpha value is -7.34. The fraction of sp³-hybridized carbons (Fsp3) is 0. The predicted octanol–water partition coefficient (Wildman–Crippen LogP) is 14.0. The second kappa shape index (κ2) is 12.6. The number of fused-ring (bicyclic) bond motifs is 10. The van der Waals surface area contributed by atoms with Crippen LogP contribution in [-0.4, -0.2) is 19.1 Å². The van der Waals surface area contributed by atoms with Gasteiger partial charge in [0.05, 0.1) is 38.1 Å². The summed E-state index contributed by atoms with van der Waals surface area (Å²) >= 11 is 1.87. The van der Waals surface area contributed by atoms with Crippen LogP contribution in [0, 0.1) is 0 Å². The monoisotopic (exact) mass is 744 g/mol. The van der Waals surface area contributed by atoms with Crippen molar-refractivity contribution in [2.24, 2.45) is 0 Å². The summed E-state index contributed by atoms with van der Waals surface area (Å²) in [7, 11) is 0. The van der Waals surface area contributed by atoms with E-state index in [9.17, 15) is 0 Å². The largest absolute Gasteiger partial charge is 0.306 e. The molecule has 0 bridgehead atoms. The Labute approximate surface area is 332 Å². The maximum Gasteiger partial charge on any atom is 0.162 e. The van der Waals surface area contributed by atoms with Crippen LogP contribution in [0.2, 0.25) is 0 Å². The van der Waals surface area contributed by atoms with Gasteiger partial charge in [0, 0.05) is 54.2 Å². The number of nitrogens with zero attached hydrogens (tertiary/aromatic N) is 4. The van der Waals surface area contributed by atoms with Gasteiger partial charge in [0.2, 0.25) is 0 Å². The SMILES string of the molecule is c1ccc(-c2ccc(-c3cc(-n4c5ccccc5c5ccc6c7ccccc7n(-c7cccc8c7sc7ccccc78)c6c54)nc(-c4ccccc4)n3)cc2)cc1. The van der Waals surface area contributed by atoms with Crippen molar-refractivity contribution in [1.29, 1.82) is 0 Å². The lowest BCUT2D eigenvalue weighted by molar-refractivity contribution is 1.05. The lowest BCUT2D eigenvalue weighted by Gasteiger charge is -2.14. The van der Waals surface area contributed by atoms with Gasteiger partial charge in [0.15, 0.2) is 5.82 Å². The van der Waals surface area contributed by atoms with Gasteiger partial charge in [-0.3, -0.25) is 4.57 Å². The van der Waals surface area contributed by atoms with Gasteiger partial charge in [0.25, 0.3) is 0 Å². The average Bonchev–Trinajstić information content (AvgIpc) is 3.95. The Kier molecular flexibility index (Phi) is 7.06. The molecule has 12 aromatic rings. The molecule has 4 nitrogen and oxygen atoms in total. The molecule has 0 radical (unpaired) electrons. The molecule has 4 heterocycles. The van der Waals surface area contributed by atoms with Gasteiger partial charge >= 0.3 is 0 Å². The van der Waals surface area contributed by atoms with E-state index in [0.717, 1.165) is 39.2 Å². The summed E-state index contributed by atoms with van der Waals surface area (Å²) in [5, 5.41) is 7.35. The zero-order valence-electron chi connectivity index (χ0n) is 30.7. The summed E-state index contributed by atoms with van der Waals surface area (Å²) in [5.74, 6) is 1.51. The minimum atomic E-state index is 0.684. The van der Waals surface area contributed by atoms with Gasteiger partial charge in [-0.1, -0.05) is 164 Å². The average molecular weight is 745 g/mol. The molecule has 0 N–H and O–H groups in total. The summed E-state index contributed by atoms with van der Waals surface area (Å²) in [5.41, 5.74) is 11.0. The van der Waals surface area contributed by atoms with Crippen LogP contribution in [0.5, 0.6) is 0 Å². The molecule has 5 heteroatoms. The van der Waals surface area contributed by atoms with Crippen LogP contribution in [0.1, 0.15) is 0 Å². The molecular weight excluding hydrogens is 713 g/mol. The van der Waals surface area contributed by atoms with Crippen LogP contribution >= 0.6 is 11.3 Å². The van der Waals surface area contributed by atoms with Gasteiger partial charge in [-0.15, -0.1) is 11.3 Å². The van der Waals surface area contributed by atoms with Crippen molar-refractivity contribution < 1.29 is 0 Å². The van der Waals surface area contributed by atoms with E-state index in [1.807, 2.05) is 17.4 Å². The van der Waals surface area contributed by atoms with Crippen molar-refractivity contribution in [3.63, 3.8) is 0 Å². The molecule has 0 saturated heterocycles. The Balaban J connectivity index is 1.19. The first kappa shape index (κ1) is 32.0. The van der Waals surface area contributed by atoms with Crippen molar-refractivity contribution in [2.45, 2.75) is 0 Å². The highest BCUT2D eigenvalue weighted by Crippen LogP contribution is 2.45. The fourth-order valence-electron chi connectivity index (χ4n) is 8.77. The van der Waals surface area contributed by atoms with Crippen LogP contribution < -0.4 is 0 Å². The van der Waals surface area contributed by atoms with Crippen LogP contribution in [0.3, 0.4) is 0 Å². The highest BCUT2D eigenvalue weighted by molar-refractivity contribution is 7.26. The van der Waals surface area contributed by atoms with Crippen molar-refractivity contribution in [3.8, 4) is 45.3 Å². The Morgan fingerprint density at radius 1 is 0.368 bits per heavy atom. The molecule has 0 fully saturated rings. The lowest BCUT2D eigenvalue weighted by atomic mass is 10.0. The molecule has 4 aromatic heterocycles. The fourth-order valence-corrected chi connectivity index (χ4v) is 9.98. The van der Waals surface area contributed by atoms with Crippen molar-refractivity contribution in [2.75, 3.05) is 0 Å². The van der Waals surface area contributed by atoms with E-state index in [4.69, 9.17) is 9.97 Å². The summed E-state index contributed by atoms with van der Waals surface area (Å²) < 4.78 is 7.45. The number of para-hydroxylation sites is 2. The first-order chi connectivity index (χ1) is 28.3. The molecule has 0 aliphatic heterocycles. The molecule has 8 aromatic carbocycles. The summed E-state index contributed by atoms with van der Waals surface area (Å²) in [6.45, 7) is 0. The molecule has 0 amide bonds. The number of aromatic nitrogens is 4. The van der Waals surface area contributed by atoms with E-state index >= 15 is 0 Å². The van der Waals surface area contributed by atoms with Gasteiger partial charge in [-0.05, 0) is 35.4 Å². The van der Waals surface area contributed by atoms with Gasteiger partial charge < -0.3 is 4.57 Å². The summed E-state index contributed by atoms with van der Waals surface area (Å²) in [6.07, 6.45) is 0. The highest BCUT2D eigenvalue weighted by Gasteiger charge is 2.24. The number of hydrogen-bond donors (Lipinski definition) is 0. The zero-order chi connectivity index (χ0) is 37.5. The predicted molar refractivity (Wildman–Crippen MR) is 240 cm³/mol. The molecule has 0 atom stereocenters. The molecule has 0 saturated carbocycles. The Morgan fingerprint density at radius 2 is 0.912 bits per heavy atom. The summed E-state index contributed by atoms with van der Waals surface area (Å²) in [4.78, 5) is 10.7. The van der Waals surface area contributed by atoms with E-state index in [1.165, 1.54) is 64.0 Å². The first-order valence-electron chi connectivity index (χ1n) is 19.3. The van der Waals surface area contributed by atoms with Crippen LogP contribution in [0.25, 0.3) is 109 Å². The maximum absolute atomic E-state index is 5.42. The minimum Gasteiger partial charge on any atom is -0.306 e. The standard InChI is InChI=1S/C52H32N4S/c1-3-14-33(15-4-1)34-26-28-35(29-27-34)43-32-48(54-52(53-43)36-16-5-2-6-17-36)56-45-23-11-8-19-38(45)41-31-30-40-37-18-7-10-22-44(37)55(49(40)50(41)56)46-24-13-21-42-39-20-9-12-25-47(39)57-51(42)46/h1-32H. The van der Waals surface area contributed by atoms with E-state index in [1.54, 1.807) is 0 Å². The maximum atomic E-state index is 5.42. The van der Waals surface area contributed by atoms with Crippen LogP contribution in [-0.2, 0) is 0 Å². The van der Waals surface area contributed by atoms with E-state index in [-0.39, 0.29) is 0 Å². The third-order valence-electron chi connectivity index (χ3n) is 11.4. The number of hydrogen-bond acceptors (Lipinski definition) is 3. The lowest BCUT2D eigenvalue weighted by Crippen LogP contribution is -2.04. The topological polar surface area (TPSA) is 35.6 Å². The zero-order valence-corrected chi connectivity index (χ0v) is 31.5. The Bertz CT molecular complexity index is 3500. The second-order valence-corrected chi connectivity index (χ2v) is 15.6. The third kappa shape index (κ3) is 4.93. The quantitative estimate of drug-likeness (QED) is 0.176. The molecule has 57 heavy (non-hydrogen) atoms. The first-order valence-corrected chi connectivity index (χ1v) is 20.1. The molecule has 12 rings (SSSR count). The highest BCUT2D eigenvalue weighted by atomic mass is 32.1. The normalized spacial score (nSPS) is 11.9. The summed E-state index contributed by atoms with van der Waals surface area (Å²) in [6, 6.07) is 69.4. The van der Waals surface area contributed by atoms with Crippen LogP contribution in [0.4, 0.5) is 0 Å². The molecule has 0 aliphatic carbocycles. The third-order valence-corrected chi connectivity index (χ3v) is 12.6. The number of thiophene rings is 1. The molecule has 0 spiro atoms. The Morgan fingerprint density at radius 3 is 1.63 bits per heavy atom. The van der Waals surface area contributed by atoms with E-state index < -0.39 is 0 Å². The van der Waals surface area contributed by atoms with Gasteiger partial charge in [0.1, 0.15) is 5.82 Å². The van der Waals surface area contributed by atoms with Crippen molar-refractivity contribution in [3.05, 3.63) is 194 Å². The molecule has 266 valence electrons.